The summed E-state index contributed by atoms with van der Waals surface area (Å²) in [6, 6.07) is 0.352. The third kappa shape index (κ3) is 4.41. The number of aromatic nitrogens is 2. The van der Waals surface area contributed by atoms with Gasteiger partial charge in [0.05, 0.1) is 12.4 Å². The number of nitrogen functional groups attached to an aromatic ring is 1. The van der Waals surface area contributed by atoms with Gasteiger partial charge >= 0.3 is 0 Å². The quantitative estimate of drug-likeness (QED) is 0.483. The van der Waals surface area contributed by atoms with Gasteiger partial charge < -0.3 is 15.6 Å². The van der Waals surface area contributed by atoms with Crippen LogP contribution in [0.3, 0.4) is 0 Å². The van der Waals surface area contributed by atoms with Crippen molar-refractivity contribution in [2.24, 2.45) is 5.84 Å². The van der Waals surface area contributed by atoms with Crippen LogP contribution in [0.1, 0.15) is 13.3 Å². The van der Waals surface area contributed by atoms with Gasteiger partial charge in [-0.2, -0.15) is 0 Å². The van der Waals surface area contributed by atoms with Gasteiger partial charge in [0.2, 0.25) is 0 Å². The first-order chi connectivity index (χ1) is 7.61. The van der Waals surface area contributed by atoms with Crippen LogP contribution < -0.4 is 16.6 Å². The third-order valence-corrected chi connectivity index (χ3v) is 2.19. The third-order valence-electron chi connectivity index (χ3n) is 2.19. The number of hydrogen-bond donors (Lipinski definition) is 3. The first-order valence-corrected chi connectivity index (χ1v) is 5.31. The van der Waals surface area contributed by atoms with E-state index in [-0.39, 0.29) is 0 Å². The van der Waals surface area contributed by atoms with Crippen LogP contribution in [0.15, 0.2) is 12.4 Å². The van der Waals surface area contributed by atoms with Crippen molar-refractivity contribution < 1.29 is 0 Å². The van der Waals surface area contributed by atoms with Gasteiger partial charge in [-0.15, -0.1) is 0 Å². The summed E-state index contributed by atoms with van der Waals surface area (Å²) in [5.74, 6) is 6.56. The molecule has 90 valence electrons. The SMILES string of the molecule is CC(CCN(C)C)Nc1cncc(NN)n1. The molecular weight excluding hydrogens is 204 g/mol. The van der Waals surface area contributed by atoms with E-state index in [1.54, 1.807) is 12.4 Å². The summed E-state index contributed by atoms with van der Waals surface area (Å²) in [6.45, 7) is 3.16. The molecule has 0 aliphatic carbocycles. The molecule has 1 atom stereocenters. The monoisotopic (exact) mass is 224 g/mol. The largest absolute Gasteiger partial charge is 0.366 e. The van der Waals surface area contributed by atoms with Crippen LogP contribution in [0.4, 0.5) is 11.6 Å². The predicted octanol–water partition coefficient (Wildman–Crippen LogP) is 0.514. The summed E-state index contributed by atoms with van der Waals surface area (Å²) in [5.41, 5.74) is 2.47. The number of nitrogens with two attached hydrogens (primary N) is 1. The molecule has 16 heavy (non-hydrogen) atoms. The molecule has 1 rings (SSSR count). The number of nitrogens with zero attached hydrogens (tertiary/aromatic N) is 3. The summed E-state index contributed by atoms with van der Waals surface area (Å²) in [7, 11) is 4.12. The van der Waals surface area contributed by atoms with Crippen LogP contribution in [-0.4, -0.2) is 41.5 Å². The maximum Gasteiger partial charge on any atom is 0.160 e. The van der Waals surface area contributed by atoms with E-state index in [1.165, 1.54) is 0 Å². The van der Waals surface area contributed by atoms with Crippen LogP contribution >= 0.6 is 0 Å². The fourth-order valence-corrected chi connectivity index (χ4v) is 1.28. The smallest absolute Gasteiger partial charge is 0.160 e. The topological polar surface area (TPSA) is 79.1 Å². The highest BCUT2D eigenvalue weighted by Gasteiger charge is 2.04. The molecule has 0 aliphatic heterocycles. The summed E-state index contributed by atoms with van der Waals surface area (Å²) >= 11 is 0. The second kappa shape index (κ2) is 6.24. The van der Waals surface area contributed by atoms with Gasteiger partial charge in [-0.05, 0) is 34.0 Å². The fraction of sp³-hybridized carbons (Fsp3) is 0.600. The summed E-state index contributed by atoms with van der Waals surface area (Å²) in [6.07, 6.45) is 4.32. The van der Waals surface area contributed by atoms with Crippen molar-refractivity contribution in [3.05, 3.63) is 12.4 Å². The summed E-state index contributed by atoms with van der Waals surface area (Å²) in [4.78, 5) is 10.4. The van der Waals surface area contributed by atoms with Crippen molar-refractivity contribution >= 4 is 11.6 Å². The molecule has 0 aromatic carbocycles. The zero-order valence-corrected chi connectivity index (χ0v) is 10.1. The lowest BCUT2D eigenvalue weighted by Crippen LogP contribution is -2.23. The molecule has 0 bridgehead atoms. The Hall–Kier alpha value is -1.40. The second-order valence-corrected chi connectivity index (χ2v) is 4.07. The zero-order valence-electron chi connectivity index (χ0n) is 10.1. The molecule has 4 N–H and O–H groups in total. The minimum absolute atomic E-state index is 0.352. The van der Waals surface area contributed by atoms with E-state index in [1.807, 2.05) is 0 Å². The van der Waals surface area contributed by atoms with Gasteiger partial charge in [0.1, 0.15) is 5.82 Å². The minimum Gasteiger partial charge on any atom is -0.366 e. The van der Waals surface area contributed by atoms with Crippen molar-refractivity contribution in [2.75, 3.05) is 31.4 Å². The molecule has 0 fully saturated rings. The van der Waals surface area contributed by atoms with Crippen LogP contribution in [0, 0.1) is 0 Å². The molecule has 0 amide bonds. The summed E-state index contributed by atoms with van der Waals surface area (Å²) in [5, 5.41) is 3.28. The van der Waals surface area contributed by atoms with Crippen molar-refractivity contribution in [1.82, 2.24) is 14.9 Å². The Morgan fingerprint density at radius 1 is 1.38 bits per heavy atom. The van der Waals surface area contributed by atoms with Gasteiger partial charge in [-0.3, -0.25) is 4.98 Å². The number of rotatable bonds is 6. The van der Waals surface area contributed by atoms with Crippen molar-refractivity contribution in [2.45, 2.75) is 19.4 Å². The Morgan fingerprint density at radius 2 is 2.06 bits per heavy atom. The Kier molecular flexibility index (Phi) is 4.94. The van der Waals surface area contributed by atoms with E-state index in [0.29, 0.717) is 11.9 Å². The highest BCUT2D eigenvalue weighted by Crippen LogP contribution is 2.08. The van der Waals surface area contributed by atoms with E-state index in [0.717, 1.165) is 18.8 Å². The zero-order chi connectivity index (χ0) is 12.0. The normalized spacial score (nSPS) is 12.6. The second-order valence-electron chi connectivity index (χ2n) is 4.07. The van der Waals surface area contributed by atoms with Gasteiger partial charge in [0.25, 0.3) is 0 Å². The van der Waals surface area contributed by atoms with Gasteiger partial charge in [-0.1, -0.05) is 0 Å². The Bertz CT molecular complexity index is 314. The van der Waals surface area contributed by atoms with Crippen molar-refractivity contribution in [3.8, 4) is 0 Å². The number of nitrogens with one attached hydrogen (secondary N) is 2. The van der Waals surface area contributed by atoms with Crippen LogP contribution in [0.2, 0.25) is 0 Å². The van der Waals surface area contributed by atoms with Crippen LogP contribution in [-0.2, 0) is 0 Å². The highest BCUT2D eigenvalue weighted by molar-refractivity contribution is 5.41. The standard InChI is InChI=1S/C10H20N6/c1-8(4-5-16(2)3)13-9-6-12-7-10(14-9)15-11/h6-8H,4-5,11H2,1-3H3,(H2,13,14,15). The van der Waals surface area contributed by atoms with Crippen molar-refractivity contribution in [1.29, 1.82) is 0 Å². The maximum atomic E-state index is 5.26. The van der Waals surface area contributed by atoms with E-state index in [9.17, 15) is 0 Å². The Morgan fingerprint density at radius 3 is 2.69 bits per heavy atom. The van der Waals surface area contributed by atoms with Crippen LogP contribution in [0.25, 0.3) is 0 Å². The number of anilines is 2. The van der Waals surface area contributed by atoms with Gasteiger partial charge in [0, 0.05) is 6.04 Å². The summed E-state index contributed by atoms with van der Waals surface area (Å²) < 4.78 is 0. The molecule has 0 spiro atoms. The molecule has 1 aromatic heterocycles. The van der Waals surface area contributed by atoms with Crippen LogP contribution in [0.5, 0.6) is 0 Å². The molecule has 1 aromatic rings. The van der Waals surface area contributed by atoms with E-state index >= 15 is 0 Å². The molecule has 1 heterocycles. The van der Waals surface area contributed by atoms with E-state index in [4.69, 9.17) is 5.84 Å². The molecule has 0 aliphatic rings. The molecule has 6 nitrogen and oxygen atoms in total. The molecule has 0 saturated heterocycles. The fourth-order valence-electron chi connectivity index (χ4n) is 1.28. The molecule has 0 radical (unpaired) electrons. The maximum absolute atomic E-state index is 5.26. The van der Waals surface area contributed by atoms with E-state index in [2.05, 4.69) is 46.6 Å². The average molecular weight is 224 g/mol. The number of hydrogen-bond acceptors (Lipinski definition) is 6. The lowest BCUT2D eigenvalue weighted by Gasteiger charge is -2.17. The first-order valence-electron chi connectivity index (χ1n) is 5.31. The van der Waals surface area contributed by atoms with Gasteiger partial charge in [-0.25, -0.2) is 10.8 Å². The molecule has 1 unspecified atom stereocenters. The minimum atomic E-state index is 0.352. The van der Waals surface area contributed by atoms with Gasteiger partial charge in [0.15, 0.2) is 5.82 Å². The molecule has 6 heteroatoms. The first kappa shape index (κ1) is 12.7. The average Bonchev–Trinajstić information content (AvgIpc) is 2.26. The van der Waals surface area contributed by atoms with Crippen molar-refractivity contribution in [3.63, 3.8) is 0 Å². The Labute approximate surface area is 96.2 Å². The predicted molar refractivity (Wildman–Crippen MR) is 66.1 cm³/mol. The lowest BCUT2D eigenvalue weighted by molar-refractivity contribution is 0.390. The molecular formula is C10H20N6. The number of hydrazine groups is 1. The van der Waals surface area contributed by atoms with E-state index < -0.39 is 0 Å². The highest BCUT2D eigenvalue weighted by atomic mass is 15.3. The molecule has 0 saturated carbocycles. The lowest BCUT2D eigenvalue weighted by atomic mass is 10.2. The Balaban J connectivity index is 2.45.